The Balaban J connectivity index is 1.50. The minimum Gasteiger partial charge on any atom is -0.480 e. The van der Waals surface area contributed by atoms with E-state index in [4.69, 9.17) is 5.73 Å². The first-order chi connectivity index (χ1) is 18.5. The summed E-state index contributed by atoms with van der Waals surface area (Å²) in [5.74, 6) is -2.02. The van der Waals surface area contributed by atoms with Crippen molar-refractivity contribution in [1.82, 2.24) is 25.3 Å². The Morgan fingerprint density at radius 2 is 1.77 bits per heavy atom. The minimum absolute atomic E-state index is 0.0110. The highest BCUT2D eigenvalue weighted by atomic mass is 16.4. The molecule has 206 valence electrons. The fourth-order valence-corrected chi connectivity index (χ4v) is 3.67. The molecule has 0 radical (unpaired) electrons. The number of carbonyl (C=O) groups excluding carboxylic acids is 3. The van der Waals surface area contributed by atoms with Gasteiger partial charge in [0.05, 0.1) is 18.4 Å². The zero-order chi connectivity index (χ0) is 28.5. The highest BCUT2D eigenvalue weighted by Crippen LogP contribution is 2.13. The lowest BCUT2D eigenvalue weighted by molar-refractivity contribution is -0.139. The first-order valence-corrected chi connectivity index (χ1v) is 12.5. The molecular weight excluding hydrogens is 506 g/mol. The fourth-order valence-electron chi connectivity index (χ4n) is 3.67. The zero-order valence-electron chi connectivity index (χ0n) is 21.7. The highest BCUT2D eigenvalue weighted by Gasteiger charge is 2.22. The Kier molecular flexibility index (Phi) is 9.79. The summed E-state index contributed by atoms with van der Waals surface area (Å²) in [5, 5.41) is 15.0. The number of ketones is 2. The third-order valence-corrected chi connectivity index (χ3v) is 5.95. The van der Waals surface area contributed by atoms with Crippen LogP contribution in [0.25, 0.3) is 11.2 Å². The number of H-pyrrole nitrogens is 1. The van der Waals surface area contributed by atoms with Crippen molar-refractivity contribution in [1.29, 1.82) is 0 Å². The lowest BCUT2D eigenvalue weighted by atomic mass is 10.0. The number of fused-ring (bicyclic) bond motifs is 1. The molecule has 0 saturated heterocycles. The number of carbonyl (C=O) groups is 4. The maximum Gasteiger partial charge on any atom is 0.326 e. The summed E-state index contributed by atoms with van der Waals surface area (Å²) in [6.45, 7) is 3.84. The molecule has 0 aliphatic rings. The van der Waals surface area contributed by atoms with Gasteiger partial charge >= 0.3 is 11.5 Å². The number of aliphatic carboxylic acids is 1. The maximum absolute atomic E-state index is 12.6. The van der Waals surface area contributed by atoms with Crippen LogP contribution in [0.15, 0.2) is 35.3 Å². The van der Waals surface area contributed by atoms with E-state index in [9.17, 15) is 29.1 Å². The summed E-state index contributed by atoms with van der Waals surface area (Å²) >= 11 is 0. The van der Waals surface area contributed by atoms with E-state index >= 15 is 0 Å². The van der Waals surface area contributed by atoms with E-state index in [1.165, 1.54) is 18.3 Å². The Morgan fingerprint density at radius 1 is 1.05 bits per heavy atom. The summed E-state index contributed by atoms with van der Waals surface area (Å²) < 4.78 is 0. The number of Topliss-reactive ketones (excluding diaryl/α,β-unsaturated/α-hetero) is 2. The molecule has 3 aromatic rings. The number of nitrogens with zero attached hydrogens (tertiary/aromatic N) is 3. The molecule has 0 aliphatic heterocycles. The van der Waals surface area contributed by atoms with Crippen LogP contribution in [0.4, 0.5) is 11.6 Å². The van der Waals surface area contributed by atoms with Crippen LogP contribution in [-0.4, -0.2) is 54.5 Å². The topological polar surface area (TPSA) is 210 Å². The summed E-state index contributed by atoms with van der Waals surface area (Å²) in [4.78, 5) is 74.6. The number of aromatic amines is 1. The average molecular weight is 538 g/mol. The van der Waals surface area contributed by atoms with Gasteiger partial charge in [-0.05, 0) is 37.1 Å². The number of nitrogens with one attached hydrogen (secondary N) is 3. The van der Waals surface area contributed by atoms with Gasteiger partial charge in [0.1, 0.15) is 17.6 Å². The molecule has 0 aliphatic carbocycles. The second kappa shape index (κ2) is 13.2. The molecule has 1 atom stereocenters. The van der Waals surface area contributed by atoms with E-state index in [1.807, 2.05) is 0 Å². The normalized spacial score (nSPS) is 11.8. The van der Waals surface area contributed by atoms with Gasteiger partial charge in [0.2, 0.25) is 5.95 Å². The smallest absolute Gasteiger partial charge is 0.326 e. The molecule has 0 unspecified atom stereocenters. The number of rotatable bonds is 14. The van der Waals surface area contributed by atoms with Crippen molar-refractivity contribution < 1.29 is 24.3 Å². The van der Waals surface area contributed by atoms with Crippen LogP contribution in [0.2, 0.25) is 0 Å². The summed E-state index contributed by atoms with van der Waals surface area (Å²) in [5.41, 5.74) is 6.57. The van der Waals surface area contributed by atoms with Crippen molar-refractivity contribution in [3.8, 4) is 0 Å². The number of anilines is 2. The Labute approximate surface area is 223 Å². The number of benzene rings is 1. The number of nitrogens with two attached hydrogens (primary N) is 1. The lowest BCUT2D eigenvalue weighted by Crippen LogP contribution is -2.41. The Bertz CT molecular complexity index is 1420. The number of aromatic nitrogens is 4. The van der Waals surface area contributed by atoms with Crippen LogP contribution < -0.4 is 21.9 Å². The van der Waals surface area contributed by atoms with Gasteiger partial charge < -0.3 is 26.5 Å². The SMILES string of the molecule is CC(C)C(=O)CCCC(=O)CC[C@H](NC(=O)c1ccc(NCc2cnc3[nH]c(N)nc(=O)c3n2)cc1)C(=O)O. The molecule has 0 bridgehead atoms. The predicted octanol–water partition coefficient (Wildman–Crippen LogP) is 1.84. The van der Waals surface area contributed by atoms with Gasteiger partial charge in [0.15, 0.2) is 11.2 Å². The van der Waals surface area contributed by atoms with Crippen LogP contribution in [0, 0.1) is 5.92 Å². The molecule has 13 heteroatoms. The van der Waals surface area contributed by atoms with Crippen molar-refractivity contribution in [3.05, 3.63) is 52.1 Å². The van der Waals surface area contributed by atoms with E-state index in [0.29, 0.717) is 24.2 Å². The van der Waals surface area contributed by atoms with Crippen molar-refractivity contribution in [3.63, 3.8) is 0 Å². The number of carboxylic acids is 1. The molecule has 1 aromatic carbocycles. The van der Waals surface area contributed by atoms with Gasteiger partial charge in [-0.15, -0.1) is 0 Å². The second-order valence-corrected chi connectivity index (χ2v) is 9.33. The van der Waals surface area contributed by atoms with Crippen molar-refractivity contribution in [2.75, 3.05) is 11.1 Å². The molecule has 3 rings (SSSR count). The quantitative estimate of drug-likeness (QED) is 0.200. The van der Waals surface area contributed by atoms with E-state index < -0.39 is 23.5 Å². The molecule has 0 spiro atoms. The average Bonchev–Trinajstić information content (AvgIpc) is 2.89. The summed E-state index contributed by atoms with van der Waals surface area (Å²) in [7, 11) is 0. The van der Waals surface area contributed by atoms with Gasteiger partial charge in [-0.3, -0.25) is 19.2 Å². The molecule has 13 nitrogen and oxygen atoms in total. The monoisotopic (exact) mass is 537 g/mol. The standard InChI is InChI=1S/C26H31N7O6/c1-14(2)20(35)5-3-4-18(34)10-11-19(25(38)39)31-23(36)15-6-8-16(9-7-15)28-12-17-13-29-22-21(30-17)24(37)33-26(27)32-22/h6-9,13-14,19,28H,3-5,10-12H2,1-2H3,(H,31,36)(H,38,39)(H3,27,29,32,33,37)/t19-/m0/s1. The minimum atomic E-state index is -1.24. The molecule has 0 saturated carbocycles. The molecule has 39 heavy (non-hydrogen) atoms. The molecular formula is C26H31N7O6. The molecule has 6 N–H and O–H groups in total. The van der Waals surface area contributed by atoms with Gasteiger partial charge in [-0.25, -0.2) is 14.8 Å². The van der Waals surface area contributed by atoms with Crippen LogP contribution in [0.3, 0.4) is 0 Å². The first-order valence-electron chi connectivity index (χ1n) is 12.5. The van der Waals surface area contributed by atoms with Crippen molar-refractivity contribution in [2.45, 2.75) is 58.5 Å². The Morgan fingerprint density at radius 3 is 2.44 bits per heavy atom. The fraction of sp³-hybridized carbons (Fsp3) is 0.385. The predicted molar refractivity (Wildman–Crippen MR) is 143 cm³/mol. The molecule has 1 amide bonds. The van der Waals surface area contributed by atoms with Gasteiger partial charge in [0, 0.05) is 36.4 Å². The van der Waals surface area contributed by atoms with Crippen LogP contribution in [0.5, 0.6) is 0 Å². The van der Waals surface area contributed by atoms with Gasteiger partial charge in [-0.2, -0.15) is 4.98 Å². The van der Waals surface area contributed by atoms with E-state index in [-0.39, 0.29) is 66.0 Å². The van der Waals surface area contributed by atoms with Gasteiger partial charge in [0.25, 0.3) is 5.91 Å². The number of hydrogen-bond acceptors (Lipinski definition) is 10. The van der Waals surface area contributed by atoms with E-state index in [1.54, 1.807) is 26.0 Å². The number of nitrogen functional groups attached to an aromatic ring is 1. The van der Waals surface area contributed by atoms with Crippen LogP contribution >= 0.6 is 0 Å². The summed E-state index contributed by atoms with van der Waals surface area (Å²) in [6.07, 6.45) is 2.36. The van der Waals surface area contributed by atoms with Crippen molar-refractivity contribution >= 4 is 46.2 Å². The number of hydrogen-bond donors (Lipinski definition) is 5. The largest absolute Gasteiger partial charge is 0.480 e. The van der Waals surface area contributed by atoms with Crippen LogP contribution in [-0.2, 0) is 20.9 Å². The van der Waals surface area contributed by atoms with E-state index in [0.717, 1.165) is 0 Å². The second-order valence-electron chi connectivity index (χ2n) is 9.33. The van der Waals surface area contributed by atoms with Crippen LogP contribution in [0.1, 0.15) is 62.0 Å². The number of amides is 1. The molecule has 2 aromatic heterocycles. The third kappa shape index (κ3) is 8.42. The summed E-state index contributed by atoms with van der Waals surface area (Å²) in [6, 6.07) is 5.09. The first kappa shape index (κ1) is 28.9. The number of carboxylic acid groups (broad SMARTS) is 1. The molecule has 2 heterocycles. The van der Waals surface area contributed by atoms with Gasteiger partial charge in [-0.1, -0.05) is 13.8 Å². The third-order valence-electron chi connectivity index (χ3n) is 5.95. The zero-order valence-corrected chi connectivity index (χ0v) is 21.7. The molecule has 0 fully saturated rings. The maximum atomic E-state index is 12.6. The Hall–Kier alpha value is -4.68. The van der Waals surface area contributed by atoms with Crippen molar-refractivity contribution in [2.24, 2.45) is 5.92 Å². The van der Waals surface area contributed by atoms with E-state index in [2.05, 4.69) is 30.6 Å². The highest BCUT2D eigenvalue weighted by molar-refractivity contribution is 5.97. The lowest BCUT2D eigenvalue weighted by Gasteiger charge is -2.14.